The molecule has 3 rings (SSSR count). The number of nitrogens with zero attached hydrogens (tertiary/aromatic N) is 3. The van der Waals surface area contributed by atoms with E-state index >= 15 is 0 Å². The SMILES string of the molecule is Cc1cc(C(=O)NCc2ccc(OCCC(F)(F)F)nc2)cc(N(CCC2CC2)C(=N)N)n1. The number of aromatic nitrogens is 2. The second-order valence-corrected chi connectivity index (χ2v) is 8.03. The molecule has 0 unspecified atom stereocenters. The molecular weight excluding hydrogens is 437 g/mol. The highest BCUT2D eigenvalue weighted by Crippen LogP contribution is 2.33. The molecule has 0 radical (unpaired) electrons. The van der Waals surface area contributed by atoms with Gasteiger partial charge in [-0.3, -0.25) is 15.1 Å². The van der Waals surface area contributed by atoms with Crippen molar-refractivity contribution in [3.63, 3.8) is 0 Å². The molecule has 8 nitrogen and oxygen atoms in total. The van der Waals surface area contributed by atoms with E-state index in [4.69, 9.17) is 15.9 Å². The molecule has 0 spiro atoms. The van der Waals surface area contributed by atoms with Gasteiger partial charge in [-0.2, -0.15) is 13.2 Å². The largest absolute Gasteiger partial charge is 0.477 e. The van der Waals surface area contributed by atoms with E-state index in [9.17, 15) is 18.0 Å². The Morgan fingerprint density at radius 3 is 2.70 bits per heavy atom. The van der Waals surface area contributed by atoms with Gasteiger partial charge in [-0.1, -0.05) is 18.9 Å². The summed E-state index contributed by atoms with van der Waals surface area (Å²) in [6.07, 6.45) is -0.608. The van der Waals surface area contributed by atoms with Crippen molar-refractivity contribution in [2.45, 2.75) is 45.3 Å². The maximum absolute atomic E-state index is 12.7. The molecule has 1 amide bonds. The first-order valence-corrected chi connectivity index (χ1v) is 10.6. The molecule has 4 N–H and O–H groups in total. The molecule has 2 aromatic rings. The standard InChI is InChI=1S/C22H27F3N6O2/c1-14-10-17(11-18(30-14)31(21(26)27)8-6-15-2-3-15)20(32)29-13-16-4-5-19(28-12-16)33-9-7-22(23,24)25/h4-5,10-12,15H,2-3,6-9,13H2,1H3,(H3,26,27)(H,29,32). The number of nitrogens with one attached hydrogen (secondary N) is 2. The molecule has 0 aromatic carbocycles. The van der Waals surface area contributed by atoms with Gasteiger partial charge in [-0.15, -0.1) is 0 Å². The summed E-state index contributed by atoms with van der Waals surface area (Å²) >= 11 is 0. The summed E-state index contributed by atoms with van der Waals surface area (Å²) in [4.78, 5) is 22.7. The van der Waals surface area contributed by atoms with E-state index in [0.29, 0.717) is 35.1 Å². The van der Waals surface area contributed by atoms with E-state index < -0.39 is 19.2 Å². The van der Waals surface area contributed by atoms with Crippen molar-refractivity contribution in [2.75, 3.05) is 18.1 Å². The van der Waals surface area contributed by atoms with Crippen LogP contribution in [0.2, 0.25) is 0 Å². The second kappa shape index (κ2) is 10.5. The highest BCUT2D eigenvalue weighted by Gasteiger charge is 2.27. The number of carbonyl (C=O) groups excluding carboxylic acids is 1. The van der Waals surface area contributed by atoms with Gasteiger partial charge in [0.25, 0.3) is 5.91 Å². The number of anilines is 1. The van der Waals surface area contributed by atoms with Gasteiger partial charge >= 0.3 is 6.18 Å². The van der Waals surface area contributed by atoms with Crippen molar-refractivity contribution in [1.29, 1.82) is 5.41 Å². The quantitative estimate of drug-likeness (QED) is 0.366. The number of aryl methyl sites for hydroxylation is 1. The minimum Gasteiger partial charge on any atom is -0.477 e. The molecule has 1 fully saturated rings. The molecule has 0 atom stereocenters. The monoisotopic (exact) mass is 464 g/mol. The number of nitrogens with two attached hydrogens (primary N) is 1. The fraction of sp³-hybridized carbons (Fsp3) is 0.455. The predicted molar refractivity (Wildman–Crippen MR) is 117 cm³/mol. The number of pyridine rings is 2. The Balaban J connectivity index is 1.57. The highest BCUT2D eigenvalue weighted by molar-refractivity contribution is 5.97. The van der Waals surface area contributed by atoms with Crippen LogP contribution in [0.15, 0.2) is 30.5 Å². The first-order chi connectivity index (χ1) is 15.6. The van der Waals surface area contributed by atoms with Crippen molar-refractivity contribution in [3.05, 3.63) is 47.3 Å². The molecule has 2 heterocycles. The Morgan fingerprint density at radius 2 is 2.09 bits per heavy atom. The molecule has 2 aromatic heterocycles. The number of hydrogen-bond acceptors (Lipinski definition) is 5. The van der Waals surface area contributed by atoms with Crippen molar-refractivity contribution >= 4 is 17.7 Å². The normalized spacial score (nSPS) is 13.5. The van der Waals surface area contributed by atoms with Crippen LogP contribution in [0.4, 0.5) is 19.0 Å². The first kappa shape index (κ1) is 24.3. The zero-order valence-corrected chi connectivity index (χ0v) is 18.3. The number of hydrogen-bond donors (Lipinski definition) is 3. The number of rotatable bonds is 10. The fourth-order valence-corrected chi connectivity index (χ4v) is 3.15. The lowest BCUT2D eigenvalue weighted by Crippen LogP contribution is -2.38. The minimum atomic E-state index is -4.28. The summed E-state index contributed by atoms with van der Waals surface area (Å²) in [7, 11) is 0. The number of amides is 1. The van der Waals surface area contributed by atoms with Crippen molar-refractivity contribution in [3.8, 4) is 5.88 Å². The minimum absolute atomic E-state index is 0.0826. The number of carbonyl (C=O) groups is 1. The number of guanidine groups is 1. The summed E-state index contributed by atoms with van der Waals surface area (Å²) in [5.41, 5.74) is 7.41. The van der Waals surface area contributed by atoms with Gasteiger partial charge in [0.1, 0.15) is 5.82 Å². The maximum Gasteiger partial charge on any atom is 0.392 e. The van der Waals surface area contributed by atoms with Crippen LogP contribution in [0, 0.1) is 18.3 Å². The van der Waals surface area contributed by atoms with Crippen LogP contribution in [-0.4, -0.2) is 41.2 Å². The number of halogens is 3. The van der Waals surface area contributed by atoms with Crippen molar-refractivity contribution in [1.82, 2.24) is 15.3 Å². The zero-order chi connectivity index (χ0) is 24.0. The summed E-state index contributed by atoms with van der Waals surface area (Å²) in [5, 5.41) is 10.7. The molecule has 1 aliphatic rings. The molecule has 33 heavy (non-hydrogen) atoms. The van der Waals surface area contributed by atoms with Crippen LogP contribution >= 0.6 is 0 Å². The fourth-order valence-electron chi connectivity index (χ4n) is 3.15. The van der Waals surface area contributed by atoms with Gasteiger partial charge in [0, 0.05) is 36.6 Å². The van der Waals surface area contributed by atoms with Gasteiger partial charge < -0.3 is 15.8 Å². The molecule has 0 aliphatic heterocycles. The Bertz CT molecular complexity index is 977. The Kier molecular flexibility index (Phi) is 7.72. The Morgan fingerprint density at radius 1 is 1.33 bits per heavy atom. The average molecular weight is 464 g/mol. The van der Waals surface area contributed by atoms with Crippen molar-refractivity contribution in [2.24, 2.45) is 11.7 Å². The average Bonchev–Trinajstić information content (AvgIpc) is 3.56. The lowest BCUT2D eigenvalue weighted by atomic mass is 10.2. The van der Waals surface area contributed by atoms with Crippen LogP contribution in [0.1, 0.15) is 47.3 Å². The maximum atomic E-state index is 12.7. The van der Waals surface area contributed by atoms with E-state index in [-0.39, 0.29) is 24.3 Å². The summed E-state index contributed by atoms with van der Waals surface area (Å²) in [6, 6.07) is 6.33. The summed E-state index contributed by atoms with van der Waals surface area (Å²) in [6.45, 7) is 2.00. The summed E-state index contributed by atoms with van der Waals surface area (Å²) in [5.74, 6) is 0.741. The van der Waals surface area contributed by atoms with Crippen LogP contribution < -0.4 is 20.7 Å². The molecule has 11 heteroatoms. The predicted octanol–water partition coefficient (Wildman–Crippen LogP) is 3.55. The van der Waals surface area contributed by atoms with Gasteiger partial charge in [0.2, 0.25) is 5.88 Å². The van der Waals surface area contributed by atoms with E-state index in [1.807, 2.05) is 0 Å². The topological polar surface area (TPSA) is 117 Å². The lowest BCUT2D eigenvalue weighted by molar-refractivity contribution is -0.139. The molecule has 1 aliphatic carbocycles. The molecule has 0 bridgehead atoms. The van der Waals surface area contributed by atoms with E-state index in [1.54, 1.807) is 30.0 Å². The van der Waals surface area contributed by atoms with Crippen LogP contribution in [0.5, 0.6) is 5.88 Å². The van der Waals surface area contributed by atoms with Crippen molar-refractivity contribution < 1.29 is 22.7 Å². The lowest BCUT2D eigenvalue weighted by Gasteiger charge is -2.22. The van der Waals surface area contributed by atoms with E-state index in [2.05, 4.69) is 15.3 Å². The molecule has 1 saturated carbocycles. The van der Waals surface area contributed by atoms with E-state index in [1.165, 1.54) is 25.1 Å². The molecular formula is C22H27F3N6O2. The van der Waals surface area contributed by atoms with Crippen LogP contribution in [-0.2, 0) is 6.54 Å². The molecule has 0 saturated heterocycles. The van der Waals surface area contributed by atoms with E-state index in [0.717, 1.165) is 6.42 Å². The van der Waals surface area contributed by atoms with Gasteiger partial charge in [0.15, 0.2) is 5.96 Å². The number of alkyl halides is 3. The Hall–Kier alpha value is -3.37. The van der Waals surface area contributed by atoms with Gasteiger partial charge in [0.05, 0.1) is 13.0 Å². The van der Waals surface area contributed by atoms with Crippen LogP contribution in [0.25, 0.3) is 0 Å². The molecule has 178 valence electrons. The zero-order valence-electron chi connectivity index (χ0n) is 18.3. The summed E-state index contributed by atoms with van der Waals surface area (Å²) < 4.78 is 41.5. The van der Waals surface area contributed by atoms with Crippen LogP contribution in [0.3, 0.4) is 0 Å². The Labute approximate surface area is 189 Å². The smallest absolute Gasteiger partial charge is 0.392 e. The third kappa shape index (κ3) is 7.92. The highest BCUT2D eigenvalue weighted by atomic mass is 19.4. The third-order valence-electron chi connectivity index (χ3n) is 5.11. The second-order valence-electron chi connectivity index (χ2n) is 8.03. The first-order valence-electron chi connectivity index (χ1n) is 10.6. The van der Waals surface area contributed by atoms with Gasteiger partial charge in [-0.25, -0.2) is 9.97 Å². The third-order valence-corrected chi connectivity index (χ3v) is 5.11. The van der Waals surface area contributed by atoms with Gasteiger partial charge in [-0.05, 0) is 37.0 Å². The number of ether oxygens (including phenoxy) is 1.